The number of ether oxygens (including phenoxy) is 1. The Balaban J connectivity index is 1.73. The monoisotopic (exact) mass is 449 g/mol. The first-order valence-corrected chi connectivity index (χ1v) is 12.2. The predicted molar refractivity (Wildman–Crippen MR) is 129 cm³/mol. The molecule has 1 amide bonds. The molecule has 2 aromatic carbocycles. The Morgan fingerprint density at radius 1 is 1.21 bits per heavy atom. The summed E-state index contributed by atoms with van der Waals surface area (Å²) >= 11 is 0. The van der Waals surface area contributed by atoms with E-state index in [0.717, 1.165) is 56.8 Å². The minimum absolute atomic E-state index is 0.0513. The number of rotatable bonds is 4. The summed E-state index contributed by atoms with van der Waals surface area (Å²) in [5.74, 6) is 1.82. The molecule has 33 heavy (non-hydrogen) atoms. The number of aryl methyl sites for hydroxylation is 1. The molecule has 4 atom stereocenters. The van der Waals surface area contributed by atoms with Gasteiger partial charge in [0.25, 0.3) is 0 Å². The first-order chi connectivity index (χ1) is 16.0. The molecule has 6 heteroatoms. The molecule has 1 aliphatic heterocycles. The summed E-state index contributed by atoms with van der Waals surface area (Å²) in [5.41, 5.74) is 3.91. The van der Waals surface area contributed by atoms with Gasteiger partial charge in [0, 0.05) is 44.6 Å². The molecule has 1 saturated carbocycles. The number of phenols is 1. The Kier molecular flexibility index (Phi) is 5.83. The molecule has 0 radical (unpaired) electrons. The van der Waals surface area contributed by atoms with Crippen LogP contribution in [-0.2, 0) is 10.5 Å². The number of hydrogen-bond donors (Lipinski definition) is 3. The summed E-state index contributed by atoms with van der Waals surface area (Å²) in [7, 11) is 1.71. The molecule has 3 aliphatic rings. The summed E-state index contributed by atoms with van der Waals surface area (Å²) in [4.78, 5) is 15.1. The zero-order valence-corrected chi connectivity index (χ0v) is 19.9. The Morgan fingerprint density at radius 2 is 2.00 bits per heavy atom. The molecule has 1 saturated heterocycles. The van der Waals surface area contributed by atoms with Crippen molar-refractivity contribution in [1.82, 2.24) is 15.5 Å². The van der Waals surface area contributed by atoms with Gasteiger partial charge in [-0.25, -0.2) is 0 Å². The number of aromatic hydroxyl groups is 1. The van der Waals surface area contributed by atoms with Gasteiger partial charge in [0.1, 0.15) is 17.2 Å². The van der Waals surface area contributed by atoms with E-state index in [1.165, 1.54) is 16.7 Å². The molecule has 2 fully saturated rings. The summed E-state index contributed by atoms with van der Waals surface area (Å²) in [6, 6.07) is 12.3. The Hall–Kier alpha value is -2.57. The normalized spacial score (nSPS) is 29.2. The van der Waals surface area contributed by atoms with Crippen LogP contribution in [0.1, 0.15) is 60.3 Å². The van der Waals surface area contributed by atoms with Gasteiger partial charge in [-0.3, -0.25) is 9.69 Å². The number of nitrogens with one attached hydrogen (secondary N) is 2. The second-order valence-corrected chi connectivity index (χ2v) is 9.82. The van der Waals surface area contributed by atoms with Crippen LogP contribution in [0.3, 0.4) is 0 Å². The second-order valence-electron chi connectivity index (χ2n) is 9.82. The lowest BCUT2D eigenvalue weighted by molar-refractivity contribution is -0.127. The molecular formula is C27H35N3O3. The zero-order valence-electron chi connectivity index (χ0n) is 19.9. The van der Waals surface area contributed by atoms with Crippen molar-refractivity contribution in [2.75, 3.05) is 33.3 Å². The van der Waals surface area contributed by atoms with Gasteiger partial charge < -0.3 is 20.5 Å². The number of piperazine rings is 1. The summed E-state index contributed by atoms with van der Waals surface area (Å²) in [6.07, 6.45) is 3.19. The Labute approximate surface area is 196 Å². The van der Waals surface area contributed by atoms with E-state index in [1.54, 1.807) is 14.0 Å². The molecule has 6 nitrogen and oxygen atoms in total. The smallest absolute Gasteiger partial charge is 0.218 e. The molecular weight excluding hydrogens is 414 g/mol. The second kappa shape index (κ2) is 8.65. The molecule has 1 heterocycles. The number of carbonyl (C=O) groups is 1. The molecule has 0 bridgehead atoms. The molecule has 176 valence electrons. The molecule has 4 unspecified atom stereocenters. The number of hydrogen-bond acceptors (Lipinski definition) is 5. The standard InChI is InChI=1S/C27H35N3O3/c1-17-10-11-23(32)26-24(17)25-21(19-6-4-7-20(16-19)33-3)8-5-9-22(25)27(26,29-18(2)31)30-14-12-28-13-15-30/h4,6-7,10-11,16,21-22,25,28,32H,5,8-9,12-15H2,1-3H3,(H,29,31). The lowest BCUT2D eigenvalue weighted by Crippen LogP contribution is -2.64. The fourth-order valence-corrected chi connectivity index (χ4v) is 6.95. The number of fused-ring (bicyclic) bond motifs is 3. The van der Waals surface area contributed by atoms with Crippen LogP contribution < -0.4 is 15.4 Å². The first kappa shape index (κ1) is 22.2. The van der Waals surface area contributed by atoms with Crippen LogP contribution in [0.5, 0.6) is 11.5 Å². The van der Waals surface area contributed by atoms with Crippen molar-refractivity contribution < 1.29 is 14.6 Å². The third kappa shape index (κ3) is 3.51. The van der Waals surface area contributed by atoms with Crippen molar-refractivity contribution in [1.29, 1.82) is 0 Å². The van der Waals surface area contributed by atoms with Crippen molar-refractivity contribution in [3.05, 3.63) is 58.7 Å². The van der Waals surface area contributed by atoms with E-state index in [2.05, 4.69) is 40.7 Å². The van der Waals surface area contributed by atoms with E-state index >= 15 is 0 Å². The number of benzene rings is 2. The Morgan fingerprint density at radius 3 is 2.73 bits per heavy atom. The van der Waals surface area contributed by atoms with Gasteiger partial charge in [0.15, 0.2) is 0 Å². The van der Waals surface area contributed by atoms with E-state index in [1.807, 2.05) is 18.2 Å². The average molecular weight is 450 g/mol. The van der Waals surface area contributed by atoms with Crippen molar-refractivity contribution in [3.8, 4) is 11.5 Å². The highest BCUT2D eigenvalue weighted by molar-refractivity contribution is 5.75. The summed E-state index contributed by atoms with van der Waals surface area (Å²) in [6.45, 7) is 7.17. The minimum atomic E-state index is -0.693. The van der Waals surface area contributed by atoms with E-state index < -0.39 is 5.66 Å². The molecule has 2 aliphatic carbocycles. The largest absolute Gasteiger partial charge is 0.508 e. The van der Waals surface area contributed by atoms with Gasteiger partial charge in [0.2, 0.25) is 5.91 Å². The van der Waals surface area contributed by atoms with Crippen LogP contribution in [0.15, 0.2) is 36.4 Å². The lowest BCUT2D eigenvalue weighted by atomic mass is 9.66. The van der Waals surface area contributed by atoms with Crippen molar-refractivity contribution in [2.45, 2.75) is 50.6 Å². The van der Waals surface area contributed by atoms with E-state index in [-0.39, 0.29) is 17.7 Å². The third-order valence-electron chi connectivity index (χ3n) is 8.09. The maximum absolute atomic E-state index is 12.7. The topological polar surface area (TPSA) is 73.8 Å². The molecule has 0 spiro atoms. The van der Waals surface area contributed by atoms with E-state index in [4.69, 9.17) is 4.74 Å². The van der Waals surface area contributed by atoms with Crippen LogP contribution in [-0.4, -0.2) is 49.2 Å². The van der Waals surface area contributed by atoms with Gasteiger partial charge in [-0.15, -0.1) is 0 Å². The maximum atomic E-state index is 12.7. The molecule has 5 rings (SSSR count). The fourth-order valence-electron chi connectivity index (χ4n) is 6.95. The average Bonchev–Trinajstić information content (AvgIpc) is 3.14. The van der Waals surface area contributed by atoms with E-state index in [0.29, 0.717) is 11.7 Å². The van der Waals surface area contributed by atoms with Crippen LogP contribution in [0.4, 0.5) is 0 Å². The van der Waals surface area contributed by atoms with Crippen LogP contribution >= 0.6 is 0 Å². The number of nitrogens with zero attached hydrogens (tertiary/aromatic N) is 1. The highest BCUT2D eigenvalue weighted by Crippen LogP contribution is 2.63. The van der Waals surface area contributed by atoms with Crippen LogP contribution in [0, 0.1) is 12.8 Å². The van der Waals surface area contributed by atoms with E-state index in [9.17, 15) is 9.90 Å². The van der Waals surface area contributed by atoms with Crippen molar-refractivity contribution in [3.63, 3.8) is 0 Å². The SMILES string of the molecule is COc1cccc(C2CCCC3C2c2c(C)ccc(O)c2C3(NC(C)=O)N2CCNCC2)c1. The Bertz CT molecular complexity index is 1050. The van der Waals surface area contributed by atoms with Gasteiger partial charge >= 0.3 is 0 Å². The minimum Gasteiger partial charge on any atom is -0.508 e. The number of amides is 1. The highest BCUT2D eigenvalue weighted by Gasteiger charge is 2.60. The first-order valence-electron chi connectivity index (χ1n) is 12.2. The van der Waals surface area contributed by atoms with Crippen LogP contribution in [0.25, 0.3) is 0 Å². The maximum Gasteiger partial charge on any atom is 0.218 e. The van der Waals surface area contributed by atoms with Crippen molar-refractivity contribution in [2.24, 2.45) is 5.92 Å². The fraction of sp³-hybridized carbons (Fsp3) is 0.519. The predicted octanol–water partition coefficient (Wildman–Crippen LogP) is 3.58. The lowest BCUT2D eigenvalue weighted by Gasteiger charge is -2.50. The van der Waals surface area contributed by atoms with Crippen molar-refractivity contribution >= 4 is 5.91 Å². The van der Waals surface area contributed by atoms with Gasteiger partial charge in [0.05, 0.1) is 7.11 Å². The highest BCUT2D eigenvalue weighted by atomic mass is 16.5. The van der Waals surface area contributed by atoms with Gasteiger partial charge in [-0.05, 0) is 66.5 Å². The van der Waals surface area contributed by atoms with Gasteiger partial charge in [-0.1, -0.05) is 24.6 Å². The quantitative estimate of drug-likeness (QED) is 0.665. The summed E-state index contributed by atoms with van der Waals surface area (Å²) in [5, 5.41) is 18.2. The van der Waals surface area contributed by atoms with Crippen LogP contribution in [0.2, 0.25) is 0 Å². The molecule has 0 aromatic heterocycles. The third-order valence-corrected chi connectivity index (χ3v) is 8.09. The molecule has 2 aromatic rings. The molecule has 3 N–H and O–H groups in total. The van der Waals surface area contributed by atoms with Gasteiger partial charge in [-0.2, -0.15) is 0 Å². The number of phenolic OH excluding ortho intramolecular Hbond substituents is 1. The number of methoxy groups -OCH3 is 1. The number of carbonyl (C=O) groups excluding carboxylic acids is 1. The zero-order chi connectivity index (χ0) is 23.2. The summed E-state index contributed by atoms with van der Waals surface area (Å²) < 4.78 is 5.55.